The number of ether oxygens (including phenoxy) is 1. The summed E-state index contributed by atoms with van der Waals surface area (Å²) in [5, 5.41) is 7.97. The Morgan fingerprint density at radius 3 is 2.34 bits per heavy atom. The molecule has 4 rings (SSSR count). The summed E-state index contributed by atoms with van der Waals surface area (Å²) in [7, 11) is 1.65. The second-order valence-corrected chi connectivity index (χ2v) is 9.57. The summed E-state index contributed by atoms with van der Waals surface area (Å²) in [6.45, 7) is 8.48. The van der Waals surface area contributed by atoms with Crippen LogP contribution in [0, 0.1) is 5.92 Å². The van der Waals surface area contributed by atoms with Crippen molar-refractivity contribution < 1.29 is 14.1 Å². The van der Waals surface area contributed by atoms with Gasteiger partial charge in [-0.2, -0.15) is 4.98 Å². The average molecular weight is 498 g/mol. The minimum atomic E-state index is -0.0398. The number of nitrogens with zero attached hydrogens (tertiary/aromatic N) is 4. The molecule has 0 aliphatic carbocycles. The van der Waals surface area contributed by atoms with Gasteiger partial charge in [0.15, 0.2) is 0 Å². The zero-order chi connectivity index (χ0) is 24.8. The fourth-order valence-corrected chi connectivity index (χ4v) is 4.33. The zero-order valence-electron chi connectivity index (χ0n) is 20.4. The molecule has 1 N–H and O–H groups in total. The number of carbonyl (C=O) groups is 1. The van der Waals surface area contributed by atoms with Crippen molar-refractivity contribution in [3.8, 4) is 17.1 Å². The van der Waals surface area contributed by atoms with Crippen molar-refractivity contribution in [3.63, 3.8) is 0 Å². The van der Waals surface area contributed by atoms with Crippen LogP contribution in [0.2, 0.25) is 5.02 Å². The van der Waals surface area contributed by atoms with Crippen molar-refractivity contribution in [2.75, 3.05) is 39.8 Å². The lowest BCUT2D eigenvalue weighted by atomic mass is 9.96. The number of halogens is 1. The van der Waals surface area contributed by atoms with Gasteiger partial charge >= 0.3 is 0 Å². The van der Waals surface area contributed by atoms with E-state index in [2.05, 4.69) is 39.1 Å². The van der Waals surface area contributed by atoms with Crippen LogP contribution < -0.4 is 10.1 Å². The van der Waals surface area contributed by atoms with Gasteiger partial charge in [-0.05, 0) is 47.9 Å². The van der Waals surface area contributed by atoms with Crippen molar-refractivity contribution in [3.05, 3.63) is 65.0 Å². The molecule has 0 saturated carbocycles. The number of methoxy groups -OCH3 is 1. The van der Waals surface area contributed by atoms with Crippen molar-refractivity contribution in [2.24, 2.45) is 5.92 Å². The molecule has 1 aliphatic heterocycles. The third-order valence-corrected chi connectivity index (χ3v) is 6.47. The predicted molar refractivity (Wildman–Crippen MR) is 135 cm³/mol. The lowest BCUT2D eigenvalue weighted by Gasteiger charge is -2.34. The third kappa shape index (κ3) is 6.81. The Balaban J connectivity index is 1.25. The number of hydrogen-bond donors (Lipinski definition) is 1. The molecular weight excluding hydrogens is 466 g/mol. The lowest BCUT2D eigenvalue weighted by molar-refractivity contribution is -0.123. The number of nitrogens with one attached hydrogen (secondary N) is 1. The number of piperazine rings is 1. The van der Waals surface area contributed by atoms with E-state index in [1.54, 1.807) is 7.11 Å². The SMILES string of the molecule is COc1ccc(C(NC(=O)CN2CCN(Cc3nc(-c4ccc(Cl)cc4)no3)CC2)C(C)C)cc1. The van der Waals surface area contributed by atoms with Gasteiger partial charge in [-0.3, -0.25) is 14.6 Å². The number of aromatic nitrogens is 2. The first-order chi connectivity index (χ1) is 16.9. The number of carbonyl (C=O) groups excluding carboxylic acids is 1. The van der Waals surface area contributed by atoms with Crippen molar-refractivity contribution >= 4 is 17.5 Å². The summed E-state index contributed by atoms with van der Waals surface area (Å²) in [5.41, 5.74) is 1.95. The summed E-state index contributed by atoms with van der Waals surface area (Å²) in [5.74, 6) is 2.26. The maximum atomic E-state index is 12.8. The van der Waals surface area contributed by atoms with Crippen LogP contribution in [0.3, 0.4) is 0 Å². The Hall–Kier alpha value is -2.94. The molecule has 35 heavy (non-hydrogen) atoms. The predicted octanol–water partition coefficient (Wildman–Crippen LogP) is 4.03. The summed E-state index contributed by atoms with van der Waals surface area (Å²) in [4.78, 5) is 21.8. The molecule has 1 fully saturated rings. The first-order valence-electron chi connectivity index (χ1n) is 11.9. The number of rotatable bonds is 9. The van der Waals surface area contributed by atoms with Crippen molar-refractivity contribution in [2.45, 2.75) is 26.4 Å². The van der Waals surface area contributed by atoms with Crippen molar-refractivity contribution in [1.82, 2.24) is 25.3 Å². The molecule has 0 spiro atoms. The van der Waals surface area contributed by atoms with Gasteiger partial charge in [0.1, 0.15) is 5.75 Å². The molecule has 1 aliphatic rings. The van der Waals surface area contributed by atoms with Gasteiger partial charge in [0, 0.05) is 36.8 Å². The molecular formula is C26H32ClN5O3. The fraction of sp³-hybridized carbons (Fsp3) is 0.423. The van der Waals surface area contributed by atoms with Gasteiger partial charge in [0.2, 0.25) is 17.6 Å². The Kier molecular flexibility index (Phi) is 8.38. The highest BCUT2D eigenvalue weighted by molar-refractivity contribution is 6.30. The quantitative estimate of drug-likeness (QED) is 0.477. The Bertz CT molecular complexity index is 1090. The lowest BCUT2D eigenvalue weighted by Crippen LogP contribution is -2.49. The van der Waals surface area contributed by atoms with E-state index in [0.717, 1.165) is 43.1 Å². The number of amides is 1. The smallest absolute Gasteiger partial charge is 0.241 e. The van der Waals surface area contributed by atoms with E-state index >= 15 is 0 Å². The van der Waals surface area contributed by atoms with Crippen LogP contribution in [0.25, 0.3) is 11.4 Å². The summed E-state index contributed by atoms with van der Waals surface area (Å²) in [6.07, 6.45) is 0. The third-order valence-electron chi connectivity index (χ3n) is 6.22. The minimum Gasteiger partial charge on any atom is -0.497 e. The van der Waals surface area contributed by atoms with Gasteiger partial charge in [0.05, 0.1) is 26.2 Å². The number of hydrogen-bond acceptors (Lipinski definition) is 7. The molecule has 1 saturated heterocycles. The van der Waals surface area contributed by atoms with E-state index in [1.807, 2.05) is 48.5 Å². The van der Waals surface area contributed by atoms with Crippen LogP contribution >= 0.6 is 11.6 Å². The van der Waals surface area contributed by atoms with Crippen LogP contribution in [-0.2, 0) is 11.3 Å². The minimum absolute atomic E-state index is 0.0393. The van der Waals surface area contributed by atoms with E-state index in [-0.39, 0.29) is 17.9 Å². The topological polar surface area (TPSA) is 83.7 Å². The molecule has 0 bridgehead atoms. The van der Waals surface area contributed by atoms with E-state index in [4.69, 9.17) is 20.9 Å². The highest BCUT2D eigenvalue weighted by Crippen LogP contribution is 2.24. The van der Waals surface area contributed by atoms with Gasteiger partial charge in [0.25, 0.3) is 0 Å². The average Bonchev–Trinajstić information content (AvgIpc) is 3.32. The Morgan fingerprint density at radius 2 is 1.71 bits per heavy atom. The second-order valence-electron chi connectivity index (χ2n) is 9.13. The molecule has 1 aromatic heterocycles. The second kappa shape index (κ2) is 11.7. The largest absolute Gasteiger partial charge is 0.497 e. The van der Waals surface area contributed by atoms with E-state index < -0.39 is 0 Å². The van der Waals surface area contributed by atoms with Crippen molar-refractivity contribution in [1.29, 1.82) is 0 Å². The van der Waals surface area contributed by atoms with E-state index in [9.17, 15) is 4.79 Å². The zero-order valence-corrected chi connectivity index (χ0v) is 21.2. The molecule has 8 nitrogen and oxygen atoms in total. The van der Waals surface area contributed by atoms with Crippen LogP contribution in [-0.4, -0.2) is 65.7 Å². The maximum absolute atomic E-state index is 12.8. The van der Waals surface area contributed by atoms with Crippen LogP contribution in [0.4, 0.5) is 0 Å². The normalized spacial score (nSPS) is 15.8. The summed E-state index contributed by atoms with van der Waals surface area (Å²) >= 11 is 5.95. The Labute approximate surface area is 211 Å². The summed E-state index contributed by atoms with van der Waals surface area (Å²) in [6, 6.07) is 15.2. The molecule has 0 radical (unpaired) electrons. The highest BCUT2D eigenvalue weighted by Gasteiger charge is 2.23. The number of benzene rings is 2. The highest BCUT2D eigenvalue weighted by atomic mass is 35.5. The van der Waals surface area contributed by atoms with E-state index in [0.29, 0.717) is 29.8 Å². The summed E-state index contributed by atoms with van der Waals surface area (Å²) < 4.78 is 10.7. The monoisotopic (exact) mass is 497 g/mol. The maximum Gasteiger partial charge on any atom is 0.241 e. The van der Waals surface area contributed by atoms with Gasteiger partial charge in [-0.25, -0.2) is 0 Å². The Morgan fingerprint density at radius 1 is 1.06 bits per heavy atom. The first-order valence-corrected chi connectivity index (χ1v) is 12.3. The molecule has 3 aromatic rings. The van der Waals surface area contributed by atoms with E-state index in [1.165, 1.54) is 0 Å². The first kappa shape index (κ1) is 25.2. The van der Waals surface area contributed by atoms with Crippen LogP contribution in [0.1, 0.15) is 31.3 Å². The van der Waals surface area contributed by atoms with Crippen LogP contribution in [0.5, 0.6) is 5.75 Å². The molecule has 2 aromatic carbocycles. The molecule has 9 heteroatoms. The van der Waals surface area contributed by atoms with Crippen LogP contribution in [0.15, 0.2) is 53.1 Å². The molecule has 1 atom stereocenters. The fourth-order valence-electron chi connectivity index (χ4n) is 4.20. The molecule has 2 heterocycles. The molecule has 186 valence electrons. The van der Waals surface area contributed by atoms with Gasteiger partial charge in [-0.15, -0.1) is 0 Å². The standard InChI is InChI=1S/C26H32ClN5O3/c1-18(2)25(19-6-10-22(34-3)11-7-19)28-23(33)16-31-12-14-32(15-13-31)17-24-29-26(30-35-24)20-4-8-21(27)9-5-20/h4-11,18,25H,12-17H2,1-3H3,(H,28,33). The molecule has 1 unspecified atom stereocenters. The molecule has 1 amide bonds. The van der Waals surface area contributed by atoms with Gasteiger partial charge in [-0.1, -0.05) is 42.7 Å². The van der Waals surface area contributed by atoms with Gasteiger partial charge < -0.3 is 14.6 Å².